The van der Waals surface area contributed by atoms with Crippen molar-refractivity contribution in [3.05, 3.63) is 35.4 Å². The average molecular weight is 257 g/mol. The van der Waals surface area contributed by atoms with Gasteiger partial charge >= 0.3 is 0 Å². The normalized spacial score (nSPS) is 28.2. The lowest BCUT2D eigenvalue weighted by atomic mass is 9.95. The zero-order valence-corrected chi connectivity index (χ0v) is 11.8. The summed E-state index contributed by atoms with van der Waals surface area (Å²) in [5.41, 5.74) is 2.69. The van der Waals surface area contributed by atoms with E-state index < -0.39 is 0 Å². The van der Waals surface area contributed by atoms with Gasteiger partial charge in [0.2, 0.25) is 0 Å². The predicted molar refractivity (Wildman–Crippen MR) is 77.0 cm³/mol. The van der Waals surface area contributed by atoms with Gasteiger partial charge in [0.05, 0.1) is 0 Å². The fourth-order valence-electron chi connectivity index (χ4n) is 3.68. The molecule has 0 aromatic heterocycles. The summed E-state index contributed by atoms with van der Waals surface area (Å²) >= 11 is 0. The van der Waals surface area contributed by atoms with Crippen molar-refractivity contribution in [1.82, 2.24) is 4.90 Å². The Hall–Kier alpha value is -1.15. The average Bonchev–Trinajstić information content (AvgIpc) is 3.01. The summed E-state index contributed by atoms with van der Waals surface area (Å²) in [6, 6.07) is 9.32. The summed E-state index contributed by atoms with van der Waals surface area (Å²) in [7, 11) is 0. The third kappa shape index (κ3) is 2.74. The number of hydrogen-bond donors (Lipinski definition) is 0. The molecule has 19 heavy (non-hydrogen) atoms. The smallest absolute Gasteiger partial charge is 0.137 e. The van der Waals surface area contributed by atoms with Gasteiger partial charge in [0.15, 0.2) is 0 Å². The van der Waals surface area contributed by atoms with Gasteiger partial charge in [-0.2, -0.15) is 0 Å². The summed E-state index contributed by atoms with van der Waals surface area (Å²) in [6.45, 7) is 4.29. The molecule has 1 saturated carbocycles. The second-order valence-electron chi connectivity index (χ2n) is 6.13. The number of likely N-dealkylation sites (tertiary alicyclic amines) is 1. The van der Waals surface area contributed by atoms with Gasteiger partial charge in [0.25, 0.3) is 0 Å². The molecule has 0 bridgehead atoms. The van der Waals surface area contributed by atoms with Gasteiger partial charge in [0.1, 0.15) is 5.78 Å². The maximum absolute atomic E-state index is 12.0. The first-order valence-electron chi connectivity index (χ1n) is 7.56. The van der Waals surface area contributed by atoms with E-state index in [1.165, 1.54) is 24.0 Å². The SMILES string of the molecule is Cc1ccc(CN2CCCC2C2CCCC2=O)cc1. The van der Waals surface area contributed by atoms with E-state index in [2.05, 4.69) is 36.1 Å². The van der Waals surface area contributed by atoms with Crippen LogP contribution in [-0.4, -0.2) is 23.3 Å². The van der Waals surface area contributed by atoms with E-state index in [0.29, 0.717) is 17.7 Å². The predicted octanol–water partition coefficient (Wildman–Crippen LogP) is 3.33. The van der Waals surface area contributed by atoms with Crippen molar-refractivity contribution >= 4 is 5.78 Å². The number of aryl methyl sites for hydroxylation is 1. The standard InChI is InChI=1S/C17H23NO/c1-13-7-9-14(10-8-13)12-18-11-3-5-16(18)15-4-2-6-17(15)19/h7-10,15-16H,2-6,11-12H2,1H3. The molecule has 0 spiro atoms. The van der Waals surface area contributed by atoms with Gasteiger partial charge in [-0.15, -0.1) is 0 Å². The van der Waals surface area contributed by atoms with E-state index >= 15 is 0 Å². The molecule has 1 aliphatic carbocycles. The molecule has 0 amide bonds. The summed E-state index contributed by atoms with van der Waals surface area (Å²) < 4.78 is 0. The molecule has 1 aromatic carbocycles. The molecule has 3 rings (SSSR count). The number of carbonyl (C=O) groups excluding carboxylic acids is 1. The monoisotopic (exact) mass is 257 g/mol. The molecule has 1 aromatic rings. The van der Waals surface area contributed by atoms with E-state index in [1.54, 1.807) is 0 Å². The highest BCUT2D eigenvalue weighted by Gasteiger charge is 2.37. The Labute approximate surface area is 115 Å². The minimum atomic E-state index is 0.327. The Morgan fingerprint density at radius 3 is 2.63 bits per heavy atom. The first-order valence-corrected chi connectivity index (χ1v) is 7.56. The van der Waals surface area contributed by atoms with Crippen molar-refractivity contribution in [3.8, 4) is 0 Å². The van der Waals surface area contributed by atoms with Crippen LogP contribution in [0.2, 0.25) is 0 Å². The van der Waals surface area contributed by atoms with Gasteiger partial charge in [0, 0.05) is 24.9 Å². The molecule has 2 atom stereocenters. The second kappa shape index (κ2) is 5.46. The number of hydrogen-bond acceptors (Lipinski definition) is 2. The topological polar surface area (TPSA) is 20.3 Å². The van der Waals surface area contributed by atoms with E-state index in [0.717, 1.165) is 32.4 Å². The van der Waals surface area contributed by atoms with Crippen LogP contribution in [0.25, 0.3) is 0 Å². The molecule has 0 N–H and O–H groups in total. The van der Waals surface area contributed by atoms with Crippen molar-refractivity contribution in [2.45, 2.75) is 51.6 Å². The highest BCUT2D eigenvalue weighted by molar-refractivity contribution is 5.83. The molecule has 1 aliphatic heterocycles. The van der Waals surface area contributed by atoms with Crippen LogP contribution in [0.3, 0.4) is 0 Å². The summed E-state index contributed by atoms with van der Waals surface area (Å²) in [5.74, 6) is 0.841. The fraction of sp³-hybridized carbons (Fsp3) is 0.588. The Bertz CT molecular complexity index is 451. The highest BCUT2D eigenvalue weighted by Crippen LogP contribution is 2.34. The minimum absolute atomic E-state index is 0.327. The van der Waals surface area contributed by atoms with Crippen molar-refractivity contribution < 1.29 is 4.79 Å². The van der Waals surface area contributed by atoms with Gasteiger partial charge in [-0.3, -0.25) is 9.69 Å². The first-order chi connectivity index (χ1) is 9.24. The van der Waals surface area contributed by atoms with Gasteiger partial charge < -0.3 is 0 Å². The number of benzene rings is 1. The third-order valence-electron chi connectivity index (χ3n) is 4.74. The number of carbonyl (C=O) groups is 1. The highest BCUT2D eigenvalue weighted by atomic mass is 16.1. The van der Waals surface area contributed by atoms with Crippen molar-refractivity contribution in [2.75, 3.05) is 6.54 Å². The molecule has 2 unspecified atom stereocenters. The molecule has 102 valence electrons. The molecule has 1 saturated heterocycles. The number of rotatable bonds is 3. The molecular formula is C17H23NO. The van der Waals surface area contributed by atoms with E-state index in [1.807, 2.05) is 0 Å². The largest absolute Gasteiger partial charge is 0.299 e. The first kappa shape index (κ1) is 12.9. The van der Waals surface area contributed by atoms with Gasteiger partial charge in [-0.25, -0.2) is 0 Å². The van der Waals surface area contributed by atoms with Crippen LogP contribution in [0, 0.1) is 12.8 Å². The van der Waals surface area contributed by atoms with Crippen LogP contribution in [0.15, 0.2) is 24.3 Å². The van der Waals surface area contributed by atoms with E-state index in [4.69, 9.17) is 0 Å². The second-order valence-corrected chi connectivity index (χ2v) is 6.13. The maximum Gasteiger partial charge on any atom is 0.137 e. The summed E-state index contributed by atoms with van der Waals surface area (Å²) in [6.07, 6.45) is 5.51. The minimum Gasteiger partial charge on any atom is -0.299 e. The summed E-state index contributed by atoms with van der Waals surface area (Å²) in [5, 5.41) is 0. The molecule has 2 heteroatoms. The van der Waals surface area contributed by atoms with Crippen molar-refractivity contribution in [3.63, 3.8) is 0 Å². The van der Waals surface area contributed by atoms with E-state index in [-0.39, 0.29) is 0 Å². The Morgan fingerprint density at radius 2 is 1.95 bits per heavy atom. The lowest BCUT2D eigenvalue weighted by molar-refractivity contribution is -0.122. The lowest BCUT2D eigenvalue weighted by Gasteiger charge is -2.28. The lowest BCUT2D eigenvalue weighted by Crippen LogP contribution is -2.36. The number of ketones is 1. The van der Waals surface area contributed by atoms with Crippen LogP contribution >= 0.6 is 0 Å². The Balaban J connectivity index is 1.69. The number of Topliss-reactive ketones (excluding diaryl/α,β-unsaturated/α-hetero) is 1. The Kier molecular flexibility index (Phi) is 3.69. The molecule has 1 heterocycles. The fourth-order valence-corrected chi connectivity index (χ4v) is 3.68. The Morgan fingerprint density at radius 1 is 1.16 bits per heavy atom. The maximum atomic E-state index is 12.0. The van der Waals surface area contributed by atoms with Gasteiger partial charge in [-0.1, -0.05) is 29.8 Å². The zero-order chi connectivity index (χ0) is 13.2. The van der Waals surface area contributed by atoms with Crippen LogP contribution < -0.4 is 0 Å². The van der Waals surface area contributed by atoms with Crippen LogP contribution in [0.5, 0.6) is 0 Å². The van der Waals surface area contributed by atoms with Crippen LogP contribution in [0.4, 0.5) is 0 Å². The molecule has 2 aliphatic rings. The van der Waals surface area contributed by atoms with Crippen molar-refractivity contribution in [1.29, 1.82) is 0 Å². The molecular weight excluding hydrogens is 234 g/mol. The van der Waals surface area contributed by atoms with Gasteiger partial charge in [-0.05, 0) is 44.7 Å². The third-order valence-corrected chi connectivity index (χ3v) is 4.74. The van der Waals surface area contributed by atoms with Crippen LogP contribution in [0.1, 0.15) is 43.2 Å². The van der Waals surface area contributed by atoms with E-state index in [9.17, 15) is 4.79 Å². The molecule has 2 fully saturated rings. The van der Waals surface area contributed by atoms with Crippen molar-refractivity contribution in [2.24, 2.45) is 5.92 Å². The molecule has 0 radical (unpaired) electrons. The summed E-state index contributed by atoms with van der Waals surface area (Å²) in [4.78, 5) is 14.5. The zero-order valence-electron chi connectivity index (χ0n) is 11.8. The number of nitrogens with zero attached hydrogens (tertiary/aromatic N) is 1. The quantitative estimate of drug-likeness (QED) is 0.828. The molecule has 2 nitrogen and oxygen atoms in total. The van der Waals surface area contributed by atoms with Crippen LogP contribution in [-0.2, 0) is 11.3 Å².